The molecule has 0 aliphatic carbocycles. The highest BCUT2D eigenvalue weighted by molar-refractivity contribution is 7.93. The fraction of sp³-hybridized carbons (Fsp3) is 0.143. The average molecular weight is 428 g/mol. The molecule has 0 atom stereocenters. The number of carboxylic acid groups (broad SMARTS) is 1. The van der Waals surface area contributed by atoms with Crippen molar-refractivity contribution in [3.05, 3.63) is 59.7 Å². The Labute approximate surface area is 174 Å². The molecule has 2 rings (SSSR count). The van der Waals surface area contributed by atoms with Crippen molar-refractivity contribution < 1.29 is 27.9 Å². The van der Waals surface area contributed by atoms with E-state index in [-0.39, 0.29) is 16.3 Å². The largest absolute Gasteiger partial charge is 0.495 e. The second kappa shape index (κ2) is 9.62. The van der Waals surface area contributed by atoms with Gasteiger partial charge in [-0.05, 0) is 42.0 Å². The van der Waals surface area contributed by atoms with Crippen LogP contribution in [0.1, 0.15) is 11.1 Å². The van der Waals surface area contributed by atoms with Crippen molar-refractivity contribution in [1.82, 2.24) is 5.32 Å². The number of aliphatic carboxylic acids is 1. The van der Waals surface area contributed by atoms with E-state index in [9.17, 15) is 18.0 Å². The van der Waals surface area contributed by atoms with Crippen molar-refractivity contribution in [2.24, 2.45) is 0 Å². The minimum Gasteiger partial charge on any atom is -0.495 e. The Bertz CT molecular complexity index is 1130. The Hall–Kier alpha value is -3.77. The van der Waals surface area contributed by atoms with Crippen LogP contribution in [0.15, 0.2) is 53.4 Å². The van der Waals surface area contributed by atoms with Gasteiger partial charge in [0.25, 0.3) is 10.0 Å². The predicted octanol–water partition coefficient (Wildman–Crippen LogP) is 1.72. The summed E-state index contributed by atoms with van der Waals surface area (Å²) in [5, 5.41) is 11.2. The number of amides is 1. The van der Waals surface area contributed by atoms with E-state index in [0.717, 1.165) is 10.4 Å². The van der Waals surface area contributed by atoms with E-state index in [1.165, 1.54) is 50.6 Å². The number of anilines is 1. The fourth-order valence-corrected chi connectivity index (χ4v) is 4.17. The zero-order valence-electron chi connectivity index (χ0n) is 16.3. The summed E-state index contributed by atoms with van der Waals surface area (Å²) in [6.45, 7) is -0.495. The summed E-state index contributed by atoms with van der Waals surface area (Å²) in [6.07, 6.45) is 7.56. The highest BCUT2D eigenvalue weighted by atomic mass is 32.2. The van der Waals surface area contributed by atoms with Crippen molar-refractivity contribution >= 4 is 33.7 Å². The van der Waals surface area contributed by atoms with Crippen LogP contribution in [0.5, 0.6) is 5.75 Å². The van der Waals surface area contributed by atoms with E-state index >= 15 is 0 Å². The molecule has 0 unspecified atom stereocenters. The number of ether oxygens (including phenoxy) is 1. The number of nitrogens with one attached hydrogen (secondary N) is 1. The number of carbonyl (C=O) groups excluding carboxylic acids is 1. The summed E-state index contributed by atoms with van der Waals surface area (Å²) < 4.78 is 33.2. The summed E-state index contributed by atoms with van der Waals surface area (Å²) in [6, 6.07) is 10.4. The zero-order valence-corrected chi connectivity index (χ0v) is 17.1. The third kappa shape index (κ3) is 5.18. The molecular weight excluding hydrogens is 408 g/mol. The smallest absolute Gasteiger partial charge is 0.328 e. The van der Waals surface area contributed by atoms with Crippen molar-refractivity contribution in [3.63, 3.8) is 0 Å². The van der Waals surface area contributed by atoms with E-state index < -0.39 is 28.4 Å². The van der Waals surface area contributed by atoms with Gasteiger partial charge in [-0.25, -0.2) is 13.2 Å². The molecule has 0 aromatic heterocycles. The van der Waals surface area contributed by atoms with Gasteiger partial charge >= 0.3 is 5.97 Å². The number of hydrogen-bond donors (Lipinski definition) is 2. The highest BCUT2D eigenvalue weighted by Crippen LogP contribution is 2.31. The first-order valence-electron chi connectivity index (χ1n) is 8.62. The summed E-state index contributed by atoms with van der Waals surface area (Å²) >= 11 is 0. The lowest BCUT2D eigenvalue weighted by molar-refractivity contribution is -0.131. The number of carboxylic acids is 1. The minimum absolute atomic E-state index is 0.0393. The van der Waals surface area contributed by atoms with Gasteiger partial charge in [0.05, 0.1) is 12.8 Å². The molecule has 0 fully saturated rings. The predicted molar refractivity (Wildman–Crippen MR) is 113 cm³/mol. The van der Waals surface area contributed by atoms with Gasteiger partial charge in [0.1, 0.15) is 17.2 Å². The molecule has 0 saturated heterocycles. The number of benzene rings is 2. The molecule has 156 valence electrons. The molecule has 30 heavy (non-hydrogen) atoms. The second-order valence-corrected chi connectivity index (χ2v) is 7.79. The molecule has 0 radical (unpaired) electrons. The van der Waals surface area contributed by atoms with Gasteiger partial charge in [-0.1, -0.05) is 18.1 Å². The lowest BCUT2D eigenvalue weighted by Crippen LogP contribution is -2.40. The van der Waals surface area contributed by atoms with Crippen LogP contribution < -0.4 is 14.4 Å². The molecule has 2 aromatic rings. The molecule has 0 aliphatic rings. The molecule has 2 N–H and O–H groups in total. The monoisotopic (exact) mass is 428 g/mol. The van der Waals surface area contributed by atoms with Gasteiger partial charge < -0.3 is 15.2 Å². The maximum absolute atomic E-state index is 13.5. The number of sulfonamides is 1. The Morgan fingerprint density at radius 2 is 2.00 bits per heavy atom. The molecule has 0 saturated carbocycles. The maximum Gasteiger partial charge on any atom is 0.328 e. The lowest BCUT2D eigenvalue weighted by atomic mass is 10.2. The number of likely N-dealkylation sites (N-methyl/N-ethyl adjacent to an activating group) is 1. The van der Waals surface area contributed by atoms with E-state index in [2.05, 4.69) is 11.2 Å². The Balaban J connectivity index is 2.67. The molecule has 0 bridgehead atoms. The van der Waals surface area contributed by atoms with Crippen molar-refractivity contribution in [1.29, 1.82) is 0 Å². The first-order valence-corrected chi connectivity index (χ1v) is 10.1. The Morgan fingerprint density at radius 3 is 2.60 bits per heavy atom. The summed E-state index contributed by atoms with van der Waals surface area (Å²) in [5.41, 5.74) is 0.964. The second-order valence-electron chi connectivity index (χ2n) is 5.96. The quantitative estimate of drug-likeness (QED) is 0.489. The highest BCUT2D eigenvalue weighted by Gasteiger charge is 2.30. The SMILES string of the molecule is C#Cc1cccc(N(CC(=O)NC)S(=O)(=O)c2cc(/C=C/C(=O)O)ccc2OC)c1. The number of hydrogen-bond acceptors (Lipinski definition) is 5. The minimum atomic E-state index is -4.29. The maximum atomic E-state index is 13.5. The van der Waals surface area contributed by atoms with Gasteiger partial charge in [0.2, 0.25) is 5.91 Å². The topological polar surface area (TPSA) is 113 Å². The molecule has 8 nitrogen and oxygen atoms in total. The Morgan fingerprint density at radius 1 is 1.27 bits per heavy atom. The molecular formula is C21H20N2O6S. The normalized spacial score (nSPS) is 11.0. The van der Waals surface area contributed by atoms with Crippen LogP contribution in [0.3, 0.4) is 0 Å². The molecule has 0 spiro atoms. The first kappa shape index (κ1) is 22.5. The van der Waals surface area contributed by atoms with E-state index in [1.54, 1.807) is 12.1 Å². The molecule has 0 aliphatic heterocycles. The van der Waals surface area contributed by atoms with Gasteiger partial charge in [-0.3, -0.25) is 9.10 Å². The summed E-state index contributed by atoms with van der Waals surface area (Å²) in [5.74, 6) is 0.753. The van der Waals surface area contributed by atoms with Crippen LogP contribution in [0, 0.1) is 12.3 Å². The van der Waals surface area contributed by atoms with Crippen LogP contribution in [-0.4, -0.2) is 46.1 Å². The molecule has 0 heterocycles. The number of carbonyl (C=O) groups is 2. The van der Waals surface area contributed by atoms with Crippen LogP contribution in [0.4, 0.5) is 5.69 Å². The number of rotatable bonds is 8. The van der Waals surface area contributed by atoms with Crippen molar-refractivity contribution in [2.45, 2.75) is 4.90 Å². The summed E-state index contributed by atoms with van der Waals surface area (Å²) in [4.78, 5) is 22.6. The first-order chi connectivity index (χ1) is 14.2. The van der Waals surface area contributed by atoms with Crippen LogP contribution in [0.25, 0.3) is 6.08 Å². The van der Waals surface area contributed by atoms with E-state index in [1.807, 2.05) is 0 Å². The van der Waals surface area contributed by atoms with Crippen LogP contribution >= 0.6 is 0 Å². The third-order valence-corrected chi connectivity index (χ3v) is 5.84. The number of nitrogens with zero attached hydrogens (tertiary/aromatic N) is 1. The summed E-state index contributed by atoms with van der Waals surface area (Å²) in [7, 11) is -1.59. The van der Waals surface area contributed by atoms with Gasteiger partial charge in [-0.15, -0.1) is 6.42 Å². The average Bonchev–Trinajstić information content (AvgIpc) is 2.75. The van der Waals surface area contributed by atoms with E-state index in [4.69, 9.17) is 16.3 Å². The molecule has 2 aromatic carbocycles. The lowest BCUT2D eigenvalue weighted by Gasteiger charge is -2.25. The zero-order chi connectivity index (χ0) is 22.3. The number of methoxy groups -OCH3 is 1. The molecule has 9 heteroatoms. The van der Waals surface area contributed by atoms with Gasteiger partial charge in [0, 0.05) is 18.7 Å². The van der Waals surface area contributed by atoms with E-state index in [0.29, 0.717) is 11.1 Å². The molecule has 1 amide bonds. The standard InChI is InChI=1S/C21H20N2O6S/c1-4-15-6-5-7-17(12-15)23(14-20(24)22-2)30(27,28)19-13-16(9-11-21(25)26)8-10-18(19)29-3/h1,5-13H,14H2,2-3H3,(H,22,24)(H,25,26)/b11-9+. The van der Waals surface area contributed by atoms with Gasteiger partial charge in [-0.2, -0.15) is 0 Å². The fourth-order valence-electron chi connectivity index (χ4n) is 2.56. The van der Waals surface area contributed by atoms with Gasteiger partial charge in [0.15, 0.2) is 0 Å². The van der Waals surface area contributed by atoms with Crippen molar-refractivity contribution in [3.8, 4) is 18.1 Å². The Kier molecular flexibility index (Phi) is 7.22. The number of terminal acetylenes is 1. The third-order valence-electron chi connectivity index (χ3n) is 4.04. The van der Waals surface area contributed by atoms with Crippen LogP contribution in [0.2, 0.25) is 0 Å². The van der Waals surface area contributed by atoms with Crippen LogP contribution in [-0.2, 0) is 19.6 Å². The van der Waals surface area contributed by atoms with Crippen molar-refractivity contribution in [2.75, 3.05) is 25.0 Å².